The molecule has 11 heteroatoms. The van der Waals surface area contributed by atoms with Gasteiger partial charge in [0.05, 0.1) is 24.4 Å². The Hall–Kier alpha value is -3.89. The van der Waals surface area contributed by atoms with Crippen molar-refractivity contribution in [3.05, 3.63) is 64.3 Å². The quantitative estimate of drug-likeness (QED) is 0.281. The zero-order valence-electron chi connectivity index (χ0n) is 24.5. The second-order valence-corrected chi connectivity index (χ2v) is 12.3. The van der Waals surface area contributed by atoms with E-state index in [0.717, 1.165) is 35.2 Å². The van der Waals surface area contributed by atoms with Gasteiger partial charge in [0.25, 0.3) is 5.91 Å². The van der Waals surface area contributed by atoms with Gasteiger partial charge in [0.15, 0.2) is 5.82 Å². The zero-order chi connectivity index (χ0) is 30.2. The standard InChI is InChI=1S/C31H37ClN6O4/c1-30(2)25-20(7-6-8-23(25)35-27(30)39)16-33-26-21(32)17-34-29(37-26)36-22-10-9-19(15-24(22)42-5)18-11-13-38(14-12-18)28(40)31(3,4)41/h6-10,15,17-18,41H,11-14,16H2,1-5H3,(H,35,39)(H2,33,34,36,37). The van der Waals surface area contributed by atoms with Crippen molar-refractivity contribution in [3.8, 4) is 5.75 Å². The number of benzene rings is 2. The number of fused-ring (bicyclic) bond motifs is 1. The molecule has 1 aromatic heterocycles. The van der Waals surface area contributed by atoms with Crippen LogP contribution in [-0.2, 0) is 21.5 Å². The first-order chi connectivity index (χ1) is 19.9. The van der Waals surface area contributed by atoms with E-state index in [4.69, 9.17) is 16.3 Å². The van der Waals surface area contributed by atoms with E-state index in [-0.39, 0.29) is 17.7 Å². The van der Waals surface area contributed by atoms with Crippen molar-refractivity contribution in [2.75, 3.05) is 36.1 Å². The number of likely N-dealkylation sites (tertiary alicyclic amines) is 1. The summed E-state index contributed by atoms with van der Waals surface area (Å²) in [7, 11) is 1.62. The number of methoxy groups -OCH3 is 1. The van der Waals surface area contributed by atoms with Crippen LogP contribution in [-0.4, -0.2) is 57.6 Å². The molecule has 0 radical (unpaired) electrons. The molecule has 2 amide bonds. The van der Waals surface area contributed by atoms with Crippen LogP contribution in [0.4, 0.5) is 23.1 Å². The van der Waals surface area contributed by atoms with Crippen molar-refractivity contribution in [2.45, 2.75) is 64.0 Å². The average molecular weight is 593 g/mol. The number of hydrogen-bond donors (Lipinski definition) is 4. The highest BCUT2D eigenvalue weighted by Crippen LogP contribution is 2.40. The molecule has 0 unspecified atom stereocenters. The molecule has 42 heavy (non-hydrogen) atoms. The largest absolute Gasteiger partial charge is 0.495 e. The number of hydrogen-bond acceptors (Lipinski definition) is 8. The molecule has 3 heterocycles. The summed E-state index contributed by atoms with van der Waals surface area (Å²) < 4.78 is 5.69. The van der Waals surface area contributed by atoms with Gasteiger partial charge in [0.2, 0.25) is 11.9 Å². The van der Waals surface area contributed by atoms with E-state index in [0.29, 0.717) is 47.9 Å². The molecule has 2 aromatic carbocycles. The Morgan fingerprint density at radius 1 is 1.24 bits per heavy atom. The number of carbonyl (C=O) groups is 2. The fourth-order valence-electron chi connectivity index (χ4n) is 5.70. The van der Waals surface area contributed by atoms with Crippen LogP contribution in [0.3, 0.4) is 0 Å². The SMILES string of the molecule is COc1cc(C2CCN(C(=O)C(C)(C)O)CC2)ccc1Nc1ncc(Cl)c(NCc2cccc3c2C(C)(C)C(=O)N3)n1. The van der Waals surface area contributed by atoms with Crippen LogP contribution in [0.5, 0.6) is 5.75 Å². The average Bonchev–Trinajstić information content (AvgIpc) is 3.20. The first-order valence-electron chi connectivity index (χ1n) is 14.1. The molecule has 222 valence electrons. The summed E-state index contributed by atoms with van der Waals surface area (Å²) in [5.41, 5.74) is 2.60. The Bertz CT molecular complexity index is 1510. The Balaban J connectivity index is 1.27. The molecular weight excluding hydrogens is 556 g/mol. The molecule has 0 bridgehead atoms. The highest BCUT2D eigenvalue weighted by Gasteiger charge is 2.40. The molecule has 3 aromatic rings. The molecule has 1 saturated heterocycles. The minimum Gasteiger partial charge on any atom is -0.495 e. The van der Waals surface area contributed by atoms with Gasteiger partial charge in [0, 0.05) is 25.3 Å². The van der Waals surface area contributed by atoms with Crippen molar-refractivity contribution in [3.63, 3.8) is 0 Å². The lowest BCUT2D eigenvalue weighted by molar-refractivity contribution is -0.148. The first-order valence-corrected chi connectivity index (χ1v) is 14.4. The number of ether oxygens (including phenoxy) is 1. The molecule has 0 aliphatic carbocycles. The van der Waals surface area contributed by atoms with Gasteiger partial charge in [-0.15, -0.1) is 0 Å². The number of aliphatic hydroxyl groups is 1. The summed E-state index contributed by atoms with van der Waals surface area (Å²) >= 11 is 6.44. The molecule has 5 rings (SSSR count). The highest BCUT2D eigenvalue weighted by atomic mass is 35.5. The number of nitrogens with zero attached hydrogens (tertiary/aromatic N) is 3. The Morgan fingerprint density at radius 3 is 2.67 bits per heavy atom. The van der Waals surface area contributed by atoms with Crippen LogP contribution in [0.1, 0.15) is 63.1 Å². The first kappa shape index (κ1) is 29.6. The normalized spacial score (nSPS) is 16.5. The predicted octanol–water partition coefficient (Wildman–Crippen LogP) is 5.20. The predicted molar refractivity (Wildman–Crippen MR) is 164 cm³/mol. The number of anilines is 4. The Kier molecular flexibility index (Phi) is 8.04. The van der Waals surface area contributed by atoms with E-state index < -0.39 is 11.0 Å². The van der Waals surface area contributed by atoms with Gasteiger partial charge in [-0.3, -0.25) is 9.59 Å². The highest BCUT2D eigenvalue weighted by molar-refractivity contribution is 6.32. The van der Waals surface area contributed by atoms with Crippen LogP contribution >= 0.6 is 11.6 Å². The Morgan fingerprint density at radius 2 is 1.98 bits per heavy atom. The van der Waals surface area contributed by atoms with Gasteiger partial charge < -0.3 is 30.7 Å². The van der Waals surface area contributed by atoms with E-state index in [9.17, 15) is 14.7 Å². The number of aromatic nitrogens is 2. The second-order valence-electron chi connectivity index (χ2n) is 11.9. The second kappa shape index (κ2) is 11.4. The lowest BCUT2D eigenvalue weighted by Crippen LogP contribution is -2.48. The van der Waals surface area contributed by atoms with Gasteiger partial charge in [-0.1, -0.05) is 29.8 Å². The molecule has 2 aliphatic heterocycles. The maximum absolute atomic E-state index is 12.5. The fraction of sp³-hybridized carbons (Fsp3) is 0.419. The molecular formula is C31H37ClN6O4. The van der Waals surface area contributed by atoms with Crippen LogP contribution in [0.25, 0.3) is 0 Å². The zero-order valence-corrected chi connectivity index (χ0v) is 25.3. The summed E-state index contributed by atoms with van der Waals surface area (Å²) in [6.07, 6.45) is 3.14. The number of rotatable bonds is 8. The molecule has 0 spiro atoms. The summed E-state index contributed by atoms with van der Waals surface area (Å²) in [4.78, 5) is 35.6. The maximum Gasteiger partial charge on any atom is 0.253 e. The molecule has 4 N–H and O–H groups in total. The number of piperidine rings is 1. The van der Waals surface area contributed by atoms with Gasteiger partial charge in [0.1, 0.15) is 16.4 Å². The van der Waals surface area contributed by atoms with E-state index >= 15 is 0 Å². The third-order valence-corrected chi connectivity index (χ3v) is 8.31. The van der Waals surface area contributed by atoms with Crippen molar-refractivity contribution >= 4 is 46.6 Å². The van der Waals surface area contributed by atoms with Gasteiger partial charge >= 0.3 is 0 Å². The Labute approximate surface area is 250 Å². The van der Waals surface area contributed by atoms with Crippen LogP contribution in [0.15, 0.2) is 42.6 Å². The van der Waals surface area contributed by atoms with Crippen molar-refractivity contribution in [1.29, 1.82) is 0 Å². The minimum absolute atomic E-state index is 0.0252. The lowest BCUT2D eigenvalue weighted by Gasteiger charge is -2.35. The summed E-state index contributed by atoms with van der Waals surface area (Å²) in [6.45, 7) is 8.50. The van der Waals surface area contributed by atoms with E-state index in [2.05, 4.69) is 25.9 Å². The monoisotopic (exact) mass is 592 g/mol. The van der Waals surface area contributed by atoms with Crippen molar-refractivity contribution in [2.24, 2.45) is 0 Å². The maximum atomic E-state index is 12.5. The van der Waals surface area contributed by atoms with E-state index in [1.54, 1.807) is 12.0 Å². The van der Waals surface area contributed by atoms with Gasteiger partial charge in [-0.05, 0) is 81.3 Å². The number of halogens is 1. The third kappa shape index (κ3) is 5.87. The summed E-state index contributed by atoms with van der Waals surface area (Å²) in [6, 6.07) is 11.8. The number of amides is 2. The van der Waals surface area contributed by atoms with Gasteiger partial charge in [-0.25, -0.2) is 4.98 Å². The molecule has 0 saturated carbocycles. The van der Waals surface area contributed by atoms with Crippen LogP contribution in [0.2, 0.25) is 5.02 Å². The van der Waals surface area contributed by atoms with Crippen molar-refractivity contribution in [1.82, 2.24) is 14.9 Å². The lowest BCUT2D eigenvalue weighted by atomic mass is 9.83. The summed E-state index contributed by atoms with van der Waals surface area (Å²) in [5.74, 6) is 1.47. The van der Waals surface area contributed by atoms with Crippen molar-refractivity contribution < 1.29 is 19.4 Å². The fourth-order valence-corrected chi connectivity index (χ4v) is 5.86. The third-order valence-electron chi connectivity index (χ3n) is 8.03. The summed E-state index contributed by atoms with van der Waals surface area (Å²) in [5, 5.41) is 19.9. The van der Waals surface area contributed by atoms with Gasteiger partial charge in [-0.2, -0.15) is 4.98 Å². The minimum atomic E-state index is -1.36. The number of carbonyl (C=O) groups excluding carboxylic acids is 2. The number of nitrogens with one attached hydrogen (secondary N) is 3. The molecule has 1 fully saturated rings. The van der Waals surface area contributed by atoms with Crippen LogP contribution in [0, 0.1) is 0 Å². The van der Waals surface area contributed by atoms with Crippen LogP contribution < -0.4 is 20.7 Å². The molecule has 10 nitrogen and oxygen atoms in total. The smallest absolute Gasteiger partial charge is 0.253 e. The molecule has 2 aliphatic rings. The van der Waals surface area contributed by atoms with E-state index in [1.165, 1.54) is 20.0 Å². The topological polar surface area (TPSA) is 129 Å². The molecule has 0 atom stereocenters. The van der Waals surface area contributed by atoms with E-state index in [1.807, 2.05) is 50.2 Å².